The number of methoxy groups -OCH3 is 1. The summed E-state index contributed by atoms with van der Waals surface area (Å²) in [4.78, 5) is 42.1. The summed E-state index contributed by atoms with van der Waals surface area (Å²) < 4.78 is 11.3. The average Bonchev–Trinajstić information content (AvgIpc) is 3.30. The molecular weight excluding hydrogens is 496 g/mol. The van der Waals surface area contributed by atoms with Crippen LogP contribution in [0.4, 0.5) is 5.69 Å². The van der Waals surface area contributed by atoms with Crippen molar-refractivity contribution in [2.75, 3.05) is 25.1 Å². The molecule has 1 aliphatic carbocycles. The fourth-order valence-corrected chi connectivity index (χ4v) is 5.71. The van der Waals surface area contributed by atoms with Crippen LogP contribution >= 0.6 is 0 Å². The first kappa shape index (κ1) is 26.3. The van der Waals surface area contributed by atoms with Gasteiger partial charge in [-0.15, -0.1) is 0 Å². The second-order valence-corrected chi connectivity index (χ2v) is 10.4. The van der Waals surface area contributed by atoms with E-state index in [0.717, 1.165) is 30.2 Å². The molecular formula is C30H32N4O5. The van der Waals surface area contributed by atoms with Gasteiger partial charge >= 0.3 is 0 Å². The van der Waals surface area contributed by atoms with Crippen molar-refractivity contribution < 1.29 is 23.5 Å². The molecule has 2 N–H and O–H groups in total. The van der Waals surface area contributed by atoms with Gasteiger partial charge in [0.25, 0.3) is 5.91 Å². The number of rotatable bonds is 6. The van der Waals surface area contributed by atoms with Crippen molar-refractivity contribution in [1.82, 2.24) is 10.6 Å². The van der Waals surface area contributed by atoms with Gasteiger partial charge in [0.15, 0.2) is 11.5 Å². The van der Waals surface area contributed by atoms with Crippen molar-refractivity contribution in [1.29, 1.82) is 5.26 Å². The Balaban J connectivity index is 1.31. The summed E-state index contributed by atoms with van der Waals surface area (Å²) in [7, 11) is 1.55. The lowest BCUT2D eigenvalue weighted by molar-refractivity contribution is -0.133. The second-order valence-electron chi connectivity index (χ2n) is 10.4. The van der Waals surface area contributed by atoms with Gasteiger partial charge in [0.2, 0.25) is 5.91 Å². The van der Waals surface area contributed by atoms with Crippen molar-refractivity contribution in [3.8, 4) is 11.8 Å². The van der Waals surface area contributed by atoms with Crippen molar-refractivity contribution >= 4 is 34.3 Å². The number of hydrogen-bond acceptors (Lipinski definition) is 7. The van der Waals surface area contributed by atoms with Gasteiger partial charge in [-0.05, 0) is 50.5 Å². The fraction of sp³-hybridized carbons (Fsp3) is 0.400. The van der Waals surface area contributed by atoms with E-state index in [1.165, 1.54) is 0 Å². The smallest absolute Gasteiger partial charge is 0.288 e. The zero-order valence-corrected chi connectivity index (χ0v) is 22.2. The highest BCUT2D eigenvalue weighted by atomic mass is 16.5. The van der Waals surface area contributed by atoms with Gasteiger partial charge in [-0.25, -0.2) is 0 Å². The highest BCUT2D eigenvalue weighted by molar-refractivity contribution is 6.03. The number of ketones is 1. The first-order valence-electron chi connectivity index (χ1n) is 13.3. The third-order valence-corrected chi connectivity index (χ3v) is 7.92. The Bertz CT molecular complexity index is 1460. The number of aryl methyl sites for hydroxylation is 1. The molecule has 1 aliphatic heterocycles. The number of amides is 2. The lowest BCUT2D eigenvalue weighted by Crippen LogP contribution is -2.63. The largest absolute Gasteiger partial charge is 0.495 e. The number of para-hydroxylation sites is 1. The molecule has 1 saturated carbocycles. The van der Waals surface area contributed by atoms with Gasteiger partial charge in [-0.2, -0.15) is 5.26 Å². The molecule has 202 valence electrons. The number of carbonyl (C=O) groups excluding carboxylic acids is 3. The van der Waals surface area contributed by atoms with E-state index in [4.69, 9.17) is 9.15 Å². The number of piperidine rings is 1. The Morgan fingerprint density at radius 1 is 1.15 bits per heavy atom. The summed E-state index contributed by atoms with van der Waals surface area (Å²) in [6.45, 7) is 2.41. The van der Waals surface area contributed by atoms with E-state index in [1.54, 1.807) is 25.3 Å². The minimum absolute atomic E-state index is 0.0771. The minimum Gasteiger partial charge on any atom is -0.495 e. The highest BCUT2D eigenvalue weighted by Crippen LogP contribution is 2.33. The maximum atomic E-state index is 13.7. The maximum absolute atomic E-state index is 13.7. The maximum Gasteiger partial charge on any atom is 0.288 e. The van der Waals surface area contributed by atoms with E-state index in [2.05, 4.69) is 16.7 Å². The number of furan rings is 1. The first-order valence-corrected chi connectivity index (χ1v) is 13.3. The molecule has 2 fully saturated rings. The Kier molecular flexibility index (Phi) is 7.29. The molecule has 1 saturated heterocycles. The van der Waals surface area contributed by atoms with Crippen LogP contribution in [0.3, 0.4) is 0 Å². The van der Waals surface area contributed by atoms with Crippen LogP contribution in [0.5, 0.6) is 5.75 Å². The third-order valence-electron chi connectivity index (χ3n) is 7.92. The number of benzene rings is 2. The second kappa shape index (κ2) is 10.8. The van der Waals surface area contributed by atoms with Gasteiger partial charge in [0.05, 0.1) is 37.0 Å². The number of carbonyl (C=O) groups is 3. The molecule has 39 heavy (non-hydrogen) atoms. The van der Waals surface area contributed by atoms with Crippen LogP contribution in [0.2, 0.25) is 0 Å². The van der Waals surface area contributed by atoms with Crippen molar-refractivity contribution in [2.24, 2.45) is 0 Å². The molecule has 2 aliphatic rings. The summed E-state index contributed by atoms with van der Waals surface area (Å²) in [6, 6.07) is 14.0. The standard InChI is InChI=1S/C30H32N4O5/c1-19-21-8-4-5-9-25(21)39-27(19)28(36)33-30(13-6-3-7-14-30)29(37)32-22-12-15-34(18-24(22)35)23-16-20(17-31)10-11-26(23)38-2/h4-5,8-11,16,22H,3,6-7,12-15,18H2,1-2H3,(H,32,37)(H,33,36). The molecule has 5 rings (SSSR count). The summed E-state index contributed by atoms with van der Waals surface area (Å²) >= 11 is 0. The summed E-state index contributed by atoms with van der Waals surface area (Å²) in [5, 5.41) is 16.1. The van der Waals surface area contributed by atoms with E-state index >= 15 is 0 Å². The lowest BCUT2D eigenvalue weighted by Gasteiger charge is -2.39. The number of fused-ring (bicyclic) bond motifs is 1. The van der Waals surface area contributed by atoms with E-state index in [0.29, 0.717) is 48.4 Å². The first-order chi connectivity index (χ1) is 18.8. The molecule has 2 amide bonds. The highest BCUT2D eigenvalue weighted by Gasteiger charge is 2.43. The number of anilines is 1. The number of nitrogens with one attached hydrogen (secondary N) is 2. The van der Waals surface area contributed by atoms with Crippen molar-refractivity contribution in [3.63, 3.8) is 0 Å². The fourth-order valence-electron chi connectivity index (χ4n) is 5.71. The normalized spacial score (nSPS) is 18.8. The quantitative estimate of drug-likeness (QED) is 0.495. The van der Waals surface area contributed by atoms with E-state index in [9.17, 15) is 19.6 Å². The predicted octanol–water partition coefficient (Wildman–Crippen LogP) is 4.02. The Morgan fingerprint density at radius 3 is 2.62 bits per heavy atom. The predicted molar refractivity (Wildman–Crippen MR) is 146 cm³/mol. The molecule has 9 nitrogen and oxygen atoms in total. The molecule has 2 aromatic carbocycles. The van der Waals surface area contributed by atoms with Crippen LogP contribution in [0.25, 0.3) is 11.0 Å². The van der Waals surface area contributed by atoms with Gasteiger partial charge in [-0.3, -0.25) is 14.4 Å². The molecule has 0 spiro atoms. The van der Waals surface area contributed by atoms with Crippen molar-refractivity contribution in [3.05, 3.63) is 59.4 Å². The summed E-state index contributed by atoms with van der Waals surface area (Å²) in [5.74, 6) is -0.114. The van der Waals surface area contributed by atoms with Crippen LogP contribution in [0, 0.1) is 18.3 Å². The Labute approximate surface area is 227 Å². The number of Topliss-reactive ketones (excluding diaryl/α,β-unsaturated/α-hetero) is 1. The van der Waals surface area contributed by atoms with Crippen LogP contribution in [0.15, 0.2) is 46.9 Å². The van der Waals surface area contributed by atoms with Crippen molar-refractivity contribution in [2.45, 2.75) is 57.0 Å². The van der Waals surface area contributed by atoms with Crippen LogP contribution in [0.1, 0.15) is 60.2 Å². The Hall–Kier alpha value is -4.32. The van der Waals surface area contributed by atoms with E-state index < -0.39 is 17.5 Å². The molecule has 3 aromatic rings. The molecule has 0 radical (unpaired) electrons. The Morgan fingerprint density at radius 2 is 1.92 bits per heavy atom. The molecule has 1 atom stereocenters. The molecule has 1 unspecified atom stereocenters. The number of ether oxygens (including phenoxy) is 1. The van der Waals surface area contributed by atoms with Gasteiger partial charge in [0, 0.05) is 17.5 Å². The van der Waals surface area contributed by atoms with Gasteiger partial charge in [0.1, 0.15) is 16.9 Å². The molecule has 0 bridgehead atoms. The van der Waals surface area contributed by atoms with Crippen LogP contribution < -0.4 is 20.3 Å². The van der Waals surface area contributed by atoms with Crippen LogP contribution in [-0.4, -0.2) is 49.4 Å². The van der Waals surface area contributed by atoms with Gasteiger partial charge < -0.3 is 24.7 Å². The zero-order chi connectivity index (χ0) is 27.6. The van der Waals surface area contributed by atoms with E-state index in [1.807, 2.05) is 36.1 Å². The summed E-state index contributed by atoms with van der Waals surface area (Å²) in [5.41, 5.74) is 1.39. The molecule has 9 heteroatoms. The average molecular weight is 529 g/mol. The van der Waals surface area contributed by atoms with Gasteiger partial charge in [-0.1, -0.05) is 37.5 Å². The molecule has 1 aromatic heterocycles. The third kappa shape index (κ3) is 5.07. The summed E-state index contributed by atoms with van der Waals surface area (Å²) in [6.07, 6.45) is 3.97. The molecule has 2 heterocycles. The van der Waals surface area contributed by atoms with E-state index in [-0.39, 0.29) is 24.0 Å². The SMILES string of the molecule is COc1ccc(C#N)cc1N1CCC(NC(=O)C2(NC(=O)c3oc4ccccc4c3C)CCCCC2)C(=O)C1. The number of hydrogen-bond donors (Lipinski definition) is 2. The number of nitriles is 1. The zero-order valence-electron chi connectivity index (χ0n) is 22.2. The topological polar surface area (TPSA) is 125 Å². The number of nitrogens with zero attached hydrogens (tertiary/aromatic N) is 2. The lowest BCUT2D eigenvalue weighted by atomic mass is 9.80. The monoisotopic (exact) mass is 528 g/mol. The minimum atomic E-state index is -1.11. The van der Waals surface area contributed by atoms with Crippen LogP contribution in [-0.2, 0) is 9.59 Å².